The summed E-state index contributed by atoms with van der Waals surface area (Å²) in [6.07, 6.45) is 7.87. The fourth-order valence-electron chi connectivity index (χ4n) is 2.15. The lowest BCUT2D eigenvalue weighted by molar-refractivity contribution is -0.114. The Bertz CT molecular complexity index is 221. The van der Waals surface area contributed by atoms with Crippen LogP contribution in [0.15, 0.2) is 0 Å². The van der Waals surface area contributed by atoms with Crippen molar-refractivity contribution in [2.24, 2.45) is 11.7 Å². The van der Waals surface area contributed by atoms with Gasteiger partial charge in [0.2, 0.25) is 0 Å². The van der Waals surface area contributed by atoms with Crippen LogP contribution < -0.4 is 11.1 Å². The maximum Gasteiger partial charge on any atom is 0.312 e. The molecule has 1 unspecified atom stereocenters. The van der Waals surface area contributed by atoms with E-state index in [-0.39, 0.29) is 6.29 Å². The van der Waals surface area contributed by atoms with Crippen molar-refractivity contribution in [3.8, 4) is 0 Å². The van der Waals surface area contributed by atoms with Gasteiger partial charge in [0.05, 0.1) is 0 Å². The van der Waals surface area contributed by atoms with E-state index < -0.39 is 6.03 Å². The number of carbonyl (C=O) groups is 1. The van der Waals surface area contributed by atoms with Crippen LogP contribution in [0.5, 0.6) is 0 Å². The van der Waals surface area contributed by atoms with Crippen molar-refractivity contribution in [2.45, 2.75) is 58.2 Å². The maximum absolute atomic E-state index is 10.8. The Morgan fingerprint density at radius 3 is 2.32 bits per heavy atom. The minimum Gasteiger partial charge on any atom is -0.356 e. The molecule has 0 radical (unpaired) electrons. The van der Waals surface area contributed by atoms with Gasteiger partial charge in [-0.25, -0.2) is 4.79 Å². The molecular formula is C14H30N2O3. The predicted octanol–water partition coefficient (Wildman–Crippen LogP) is 2.64. The molecule has 0 aliphatic carbocycles. The van der Waals surface area contributed by atoms with Crippen LogP contribution in [0.3, 0.4) is 0 Å². The fraction of sp³-hybridized carbons (Fsp3) is 0.929. The van der Waals surface area contributed by atoms with Gasteiger partial charge in [-0.1, -0.05) is 39.0 Å². The lowest BCUT2D eigenvalue weighted by Gasteiger charge is -2.21. The van der Waals surface area contributed by atoms with Gasteiger partial charge in [-0.15, -0.1) is 0 Å². The van der Waals surface area contributed by atoms with E-state index in [4.69, 9.17) is 15.2 Å². The number of hydrogen-bond acceptors (Lipinski definition) is 3. The van der Waals surface area contributed by atoms with Gasteiger partial charge in [0.15, 0.2) is 6.29 Å². The molecule has 1 atom stereocenters. The molecule has 0 aromatic rings. The molecule has 5 nitrogen and oxygen atoms in total. The van der Waals surface area contributed by atoms with Crippen LogP contribution in [0.2, 0.25) is 0 Å². The molecule has 0 aromatic heterocycles. The molecule has 0 rings (SSSR count). The molecule has 2 amide bonds. The molecule has 0 aromatic carbocycles. The molecule has 0 spiro atoms. The number of carbonyl (C=O) groups excluding carboxylic acids is 1. The minimum absolute atomic E-state index is 0.213. The highest BCUT2D eigenvalue weighted by molar-refractivity contribution is 5.71. The molecule has 3 N–H and O–H groups in total. The number of hydrogen-bond donors (Lipinski definition) is 2. The van der Waals surface area contributed by atoms with Gasteiger partial charge >= 0.3 is 6.03 Å². The largest absolute Gasteiger partial charge is 0.356 e. The van der Waals surface area contributed by atoms with Crippen LogP contribution in [0.4, 0.5) is 4.79 Å². The predicted molar refractivity (Wildman–Crippen MR) is 76.9 cm³/mol. The number of primary amides is 1. The summed E-state index contributed by atoms with van der Waals surface area (Å²) in [4.78, 5) is 10.8. The topological polar surface area (TPSA) is 73.6 Å². The normalized spacial score (nSPS) is 12.6. The molecule has 19 heavy (non-hydrogen) atoms. The van der Waals surface area contributed by atoms with E-state index in [1.807, 2.05) is 0 Å². The van der Waals surface area contributed by atoms with Gasteiger partial charge in [0.25, 0.3) is 0 Å². The van der Waals surface area contributed by atoms with Crippen molar-refractivity contribution in [1.82, 2.24) is 5.32 Å². The number of nitrogens with one attached hydrogen (secondary N) is 1. The zero-order valence-corrected chi connectivity index (χ0v) is 12.6. The highest BCUT2D eigenvalue weighted by Crippen LogP contribution is 2.17. The van der Waals surface area contributed by atoms with Gasteiger partial charge in [-0.2, -0.15) is 0 Å². The molecule has 0 aliphatic rings. The van der Waals surface area contributed by atoms with Gasteiger partial charge in [0.1, 0.15) is 0 Å². The third kappa shape index (κ3) is 10.8. The molecule has 0 aliphatic heterocycles. The Hall–Kier alpha value is -0.810. The van der Waals surface area contributed by atoms with E-state index in [1.165, 1.54) is 32.1 Å². The standard InChI is InChI=1S/C14H30N2O3/c1-4-5-6-7-8-9-12(11-16-14(15)17)10-13(18-2)19-3/h12-13H,4-11H2,1-3H3,(H3,15,16,17). The first-order valence-electron chi connectivity index (χ1n) is 7.22. The highest BCUT2D eigenvalue weighted by Gasteiger charge is 2.16. The summed E-state index contributed by atoms with van der Waals surface area (Å²) < 4.78 is 10.4. The first-order valence-corrected chi connectivity index (χ1v) is 7.22. The van der Waals surface area contributed by atoms with Crippen LogP contribution in [0.1, 0.15) is 51.9 Å². The Kier molecular flexibility index (Phi) is 11.7. The number of ether oxygens (including phenoxy) is 2. The average molecular weight is 274 g/mol. The second-order valence-corrected chi connectivity index (χ2v) is 4.95. The van der Waals surface area contributed by atoms with Crippen LogP contribution in [-0.2, 0) is 9.47 Å². The highest BCUT2D eigenvalue weighted by atomic mass is 16.7. The molecule has 0 heterocycles. The monoisotopic (exact) mass is 274 g/mol. The third-order valence-corrected chi connectivity index (χ3v) is 3.33. The lowest BCUT2D eigenvalue weighted by atomic mass is 9.96. The smallest absolute Gasteiger partial charge is 0.312 e. The Labute approximate surface area is 117 Å². The number of urea groups is 1. The van der Waals surface area contributed by atoms with E-state index in [2.05, 4.69) is 12.2 Å². The quantitative estimate of drug-likeness (QED) is 0.424. The Morgan fingerprint density at radius 2 is 1.79 bits per heavy atom. The summed E-state index contributed by atoms with van der Waals surface area (Å²) in [7, 11) is 3.27. The number of methoxy groups -OCH3 is 2. The van der Waals surface area contributed by atoms with E-state index >= 15 is 0 Å². The number of nitrogens with two attached hydrogens (primary N) is 1. The second-order valence-electron chi connectivity index (χ2n) is 4.95. The molecule has 114 valence electrons. The zero-order chi connectivity index (χ0) is 14.5. The maximum atomic E-state index is 10.8. The summed E-state index contributed by atoms with van der Waals surface area (Å²) >= 11 is 0. The summed E-state index contributed by atoms with van der Waals surface area (Å²) in [6.45, 7) is 2.80. The van der Waals surface area contributed by atoms with Crippen molar-refractivity contribution in [3.05, 3.63) is 0 Å². The minimum atomic E-state index is -0.470. The lowest BCUT2D eigenvalue weighted by Crippen LogP contribution is -2.35. The van der Waals surface area contributed by atoms with Crippen molar-refractivity contribution in [1.29, 1.82) is 0 Å². The molecule has 0 saturated carbocycles. The molecule has 0 bridgehead atoms. The summed E-state index contributed by atoms with van der Waals surface area (Å²) in [5.41, 5.74) is 5.12. The van der Waals surface area contributed by atoms with Gasteiger partial charge in [0, 0.05) is 27.2 Å². The molecular weight excluding hydrogens is 244 g/mol. The van der Waals surface area contributed by atoms with Crippen LogP contribution >= 0.6 is 0 Å². The van der Waals surface area contributed by atoms with Crippen LogP contribution in [0, 0.1) is 5.92 Å². The Morgan fingerprint density at radius 1 is 1.16 bits per heavy atom. The van der Waals surface area contributed by atoms with Gasteiger partial charge in [-0.3, -0.25) is 0 Å². The summed E-state index contributed by atoms with van der Waals surface area (Å²) in [5, 5.41) is 2.68. The Balaban J connectivity index is 3.98. The van der Waals surface area contributed by atoms with Gasteiger partial charge in [-0.05, 0) is 12.3 Å². The fourth-order valence-corrected chi connectivity index (χ4v) is 2.15. The van der Waals surface area contributed by atoms with Crippen molar-refractivity contribution >= 4 is 6.03 Å². The van der Waals surface area contributed by atoms with Crippen molar-refractivity contribution in [3.63, 3.8) is 0 Å². The number of rotatable bonds is 12. The second kappa shape index (κ2) is 12.2. The molecule has 5 heteroatoms. The van der Waals surface area contributed by atoms with Crippen LogP contribution in [-0.4, -0.2) is 33.1 Å². The van der Waals surface area contributed by atoms with Crippen LogP contribution in [0.25, 0.3) is 0 Å². The SMILES string of the molecule is CCCCCCCC(CNC(N)=O)CC(OC)OC. The zero-order valence-electron chi connectivity index (χ0n) is 12.6. The summed E-state index contributed by atoms with van der Waals surface area (Å²) in [6, 6.07) is -0.470. The first-order chi connectivity index (χ1) is 9.13. The van der Waals surface area contributed by atoms with Crippen molar-refractivity contribution < 1.29 is 14.3 Å². The van der Waals surface area contributed by atoms with Gasteiger partial charge < -0.3 is 20.5 Å². The number of amides is 2. The first kappa shape index (κ1) is 18.2. The van der Waals surface area contributed by atoms with Crippen molar-refractivity contribution in [2.75, 3.05) is 20.8 Å². The third-order valence-electron chi connectivity index (χ3n) is 3.33. The van der Waals surface area contributed by atoms with E-state index in [0.717, 1.165) is 12.8 Å². The van der Waals surface area contributed by atoms with E-state index in [9.17, 15) is 4.79 Å². The van der Waals surface area contributed by atoms with E-state index in [1.54, 1.807) is 14.2 Å². The summed E-state index contributed by atoms with van der Waals surface area (Å²) in [5.74, 6) is 0.346. The molecule has 0 fully saturated rings. The number of unbranched alkanes of at least 4 members (excludes halogenated alkanes) is 4. The van der Waals surface area contributed by atoms with E-state index in [0.29, 0.717) is 12.5 Å². The average Bonchev–Trinajstić information content (AvgIpc) is 2.40. The molecule has 0 saturated heterocycles.